The molecular weight excluding hydrogens is 396 g/mol. The first-order valence-corrected chi connectivity index (χ1v) is 10.9. The van der Waals surface area contributed by atoms with E-state index in [1.165, 1.54) is 10.5 Å². The number of thiocarbonyl (C=S) groups is 1. The number of methoxy groups -OCH3 is 1. The highest BCUT2D eigenvalue weighted by Crippen LogP contribution is 2.15. The second-order valence-electron chi connectivity index (χ2n) is 7.48. The molecule has 1 aliphatic heterocycles. The molecule has 6 nitrogen and oxygen atoms in total. The summed E-state index contributed by atoms with van der Waals surface area (Å²) in [5, 5.41) is 7.17. The van der Waals surface area contributed by atoms with Crippen molar-refractivity contribution < 1.29 is 14.4 Å². The maximum atomic E-state index is 12.5. The van der Waals surface area contributed by atoms with Crippen LogP contribution in [-0.4, -0.2) is 55.8 Å². The van der Waals surface area contributed by atoms with Crippen LogP contribution in [0.2, 0.25) is 0 Å². The first kappa shape index (κ1) is 22.1. The quantitative estimate of drug-likeness (QED) is 0.585. The molecule has 1 fully saturated rings. The molecule has 7 heteroatoms. The van der Waals surface area contributed by atoms with Crippen LogP contribution in [0.3, 0.4) is 0 Å². The monoisotopic (exact) mass is 427 g/mol. The molecule has 0 bridgehead atoms. The zero-order valence-electron chi connectivity index (χ0n) is 17.7. The third-order valence-corrected chi connectivity index (χ3v) is 5.85. The summed E-state index contributed by atoms with van der Waals surface area (Å²) in [6.07, 6.45) is 0.906. The van der Waals surface area contributed by atoms with Crippen molar-refractivity contribution in [1.82, 2.24) is 10.2 Å². The molecule has 0 saturated carbocycles. The van der Waals surface area contributed by atoms with Crippen molar-refractivity contribution in [3.05, 3.63) is 59.7 Å². The van der Waals surface area contributed by atoms with Gasteiger partial charge in [-0.2, -0.15) is 0 Å². The number of carbonyl (C=O) groups is 1. The van der Waals surface area contributed by atoms with Crippen LogP contribution in [0.25, 0.3) is 0 Å². The van der Waals surface area contributed by atoms with E-state index in [1.807, 2.05) is 42.5 Å². The first-order valence-electron chi connectivity index (χ1n) is 10.5. The summed E-state index contributed by atoms with van der Waals surface area (Å²) in [4.78, 5) is 16.0. The van der Waals surface area contributed by atoms with E-state index >= 15 is 0 Å². The van der Waals surface area contributed by atoms with E-state index in [0.29, 0.717) is 13.1 Å². The molecule has 0 radical (unpaired) electrons. The molecule has 2 aromatic rings. The molecule has 1 aliphatic rings. The predicted octanol–water partition coefficient (Wildman–Crippen LogP) is 1.47. The number of nitrogens with one attached hydrogen (secondary N) is 3. The van der Waals surface area contributed by atoms with E-state index in [2.05, 4.69) is 28.5 Å². The Morgan fingerprint density at radius 2 is 1.83 bits per heavy atom. The van der Waals surface area contributed by atoms with Gasteiger partial charge < -0.3 is 25.2 Å². The van der Waals surface area contributed by atoms with Gasteiger partial charge in [0, 0.05) is 12.2 Å². The number of amides is 1. The molecule has 1 heterocycles. The molecule has 3 rings (SSSR count). The number of carbonyl (C=O) groups excluding carboxylic acids is 1. The third-order valence-electron chi connectivity index (χ3n) is 5.44. The zero-order valence-corrected chi connectivity index (χ0v) is 18.6. The van der Waals surface area contributed by atoms with E-state index in [1.54, 1.807) is 7.11 Å². The number of hydrogen-bond acceptors (Lipinski definition) is 3. The molecule has 160 valence electrons. The van der Waals surface area contributed by atoms with Gasteiger partial charge in [0.1, 0.15) is 5.75 Å². The standard InChI is InChI=1S/C23H30N4O2S/c1-3-19-6-4-5-7-21(19)25-22(28)17-26-12-14-27(15-13-26)23(30)24-16-18-8-10-20(29-2)11-9-18/h4-11H,3,12-17H2,1-2H3,(H,24,30)(H,25,28)/p+1. The Morgan fingerprint density at radius 3 is 2.50 bits per heavy atom. The smallest absolute Gasteiger partial charge is 0.279 e. The van der Waals surface area contributed by atoms with Crippen molar-refractivity contribution >= 4 is 28.9 Å². The number of piperazine rings is 1. The largest absolute Gasteiger partial charge is 0.497 e. The molecule has 2 aromatic carbocycles. The van der Waals surface area contributed by atoms with Gasteiger partial charge in [0.2, 0.25) is 0 Å². The lowest BCUT2D eigenvalue weighted by molar-refractivity contribution is -0.895. The number of aryl methyl sites for hydroxylation is 1. The highest BCUT2D eigenvalue weighted by molar-refractivity contribution is 7.80. The SMILES string of the molecule is CCc1ccccc1NC(=O)C[NH+]1CCN(C(=S)NCc2ccc(OC)cc2)CC1. The number of anilines is 1. The maximum Gasteiger partial charge on any atom is 0.279 e. The van der Waals surface area contributed by atoms with Gasteiger partial charge in [-0.15, -0.1) is 0 Å². The maximum absolute atomic E-state index is 12.5. The molecular formula is C23H31N4O2S+. The van der Waals surface area contributed by atoms with Crippen LogP contribution in [0.5, 0.6) is 5.75 Å². The molecule has 0 aromatic heterocycles. The molecule has 0 unspecified atom stereocenters. The fourth-order valence-electron chi connectivity index (χ4n) is 3.61. The highest BCUT2D eigenvalue weighted by atomic mass is 32.1. The van der Waals surface area contributed by atoms with E-state index in [9.17, 15) is 4.79 Å². The third kappa shape index (κ3) is 6.18. The molecule has 1 saturated heterocycles. The minimum absolute atomic E-state index is 0.0690. The number of benzene rings is 2. The van der Waals surface area contributed by atoms with Gasteiger partial charge in [-0.25, -0.2) is 0 Å². The van der Waals surface area contributed by atoms with Crippen LogP contribution >= 0.6 is 12.2 Å². The molecule has 0 aliphatic carbocycles. The summed E-state index contributed by atoms with van der Waals surface area (Å²) in [7, 11) is 1.66. The highest BCUT2D eigenvalue weighted by Gasteiger charge is 2.23. The number of quaternary nitrogens is 1. The molecule has 30 heavy (non-hydrogen) atoms. The number of hydrogen-bond donors (Lipinski definition) is 3. The minimum Gasteiger partial charge on any atom is -0.497 e. The van der Waals surface area contributed by atoms with Crippen molar-refractivity contribution in [1.29, 1.82) is 0 Å². The van der Waals surface area contributed by atoms with Crippen molar-refractivity contribution in [2.24, 2.45) is 0 Å². The Bertz CT molecular complexity index is 849. The van der Waals surface area contributed by atoms with Crippen molar-refractivity contribution in [3.8, 4) is 5.75 Å². The van der Waals surface area contributed by atoms with Crippen LogP contribution in [0.4, 0.5) is 5.69 Å². The van der Waals surface area contributed by atoms with Gasteiger partial charge in [-0.05, 0) is 48.0 Å². The van der Waals surface area contributed by atoms with Crippen molar-refractivity contribution in [2.75, 3.05) is 45.2 Å². The van der Waals surface area contributed by atoms with Crippen LogP contribution in [0.15, 0.2) is 48.5 Å². The predicted molar refractivity (Wildman–Crippen MR) is 124 cm³/mol. The van der Waals surface area contributed by atoms with Gasteiger partial charge in [0.25, 0.3) is 5.91 Å². The van der Waals surface area contributed by atoms with Crippen LogP contribution < -0.4 is 20.3 Å². The summed E-state index contributed by atoms with van der Waals surface area (Å²) >= 11 is 5.56. The van der Waals surface area contributed by atoms with Crippen LogP contribution in [-0.2, 0) is 17.8 Å². The summed E-state index contributed by atoms with van der Waals surface area (Å²) in [6, 6.07) is 16.0. The van der Waals surface area contributed by atoms with Crippen molar-refractivity contribution in [3.63, 3.8) is 0 Å². The van der Waals surface area contributed by atoms with Gasteiger partial charge in [0.15, 0.2) is 11.7 Å². The Morgan fingerprint density at radius 1 is 1.13 bits per heavy atom. The van der Waals surface area contributed by atoms with Gasteiger partial charge in [-0.3, -0.25) is 4.79 Å². The van der Waals surface area contributed by atoms with Crippen molar-refractivity contribution in [2.45, 2.75) is 19.9 Å². The Labute approximate surface area is 184 Å². The summed E-state index contributed by atoms with van der Waals surface area (Å²) in [5.74, 6) is 0.919. The summed E-state index contributed by atoms with van der Waals surface area (Å²) in [5.41, 5.74) is 3.25. The van der Waals surface area contributed by atoms with Crippen LogP contribution in [0.1, 0.15) is 18.1 Å². The number of rotatable bonds is 7. The lowest BCUT2D eigenvalue weighted by Gasteiger charge is -2.33. The minimum atomic E-state index is 0.0690. The second-order valence-corrected chi connectivity index (χ2v) is 7.87. The van der Waals surface area contributed by atoms with E-state index in [-0.39, 0.29) is 5.91 Å². The Kier molecular flexibility index (Phi) is 8.04. The number of para-hydroxylation sites is 1. The topological polar surface area (TPSA) is 58.0 Å². The zero-order chi connectivity index (χ0) is 21.3. The summed E-state index contributed by atoms with van der Waals surface area (Å²) in [6.45, 7) is 6.76. The average Bonchev–Trinajstić information content (AvgIpc) is 2.78. The number of ether oxygens (including phenoxy) is 1. The van der Waals surface area contributed by atoms with E-state index in [4.69, 9.17) is 17.0 Å². The van der Waals surface area contributed by atoms with E-state index < -0.39 is 0 Å². The van der Waals surface area contributed by atoms with E-state index in [0.717, 1.165) is 54.7 Å². The molecule has 3 N–H and O–H groups in total. The van der Waals surface area contributed by atoms with Gasteiger partial charge in [-0.1, -0.05) is 37.3 Å². The fourth-order valence-corrected chi connectivity index (χ4v) is 3.86. The normalized spacial score (nSPS) is 14.3. The van der Waals surface area contributed by atoms with Crippen LogP contribution in [0, 0.1) is 0 Å². The van der Waals surface area contributed by atoms with Gasteiger partial charge >= 0.3 is 0 Å². The Balaban J connectivity index is 1.40. The number of nitrogens with zero attached hydrogens (tertiary/aromatic N) is 1. The molecule has 1 amide bonds. The summed E-state index contributed by atoms with van der Waals surface area (Å²) < 4.78 is 5.19. The fraction of sp³-hybridized carbons (Fsp3) is 0.391. The lowest BCUT2D eigenvalue weighted by Crippen LogP contribution is -3.15. The first-order chi connectivity index (χ1) is 14.6. The lowest BCUT2D eigenvalue weighted by atomic mass is 10.1. The molecule has 0 atom stereocenters. The Hall–Kier alpha value is -2.64. The second kappa shape index (κ2) is 10.9. The average molecular weight is 428 g/mol. The molecule has 0 spiro atoms. The van der Waals surface area contributed by atoms with Gasteiger partial charge in [0.05, 0.1) is 33.3 Å².